The van der Waals surface area contributed by atoms with Crippen molar-refractivity contribution in [2.75, 3.05) is 12.4 Å². The first-order valence-corrected chi connectivity index (χ1v) is 8.35. The predicted octanol–water partition coefficient (Wildman–Crippen LogP) is 3.07. The number of thiazole rings is 1. The Morgan fingerprint density at radius 1 is 1.24 bits per heavy atom. The Labute approximate surface area is 125 Å². The molecular formula is C13H12F3NO2S2. The number of aliphatic hydroxyl groups is 1. The van der Waals surface area contributed by atoms with Gasteiger partial charge in [-0.15, -0.1) is 11.3 Å². The van der Waals surface area contributed by atoms with Crippen LogP contribution < -0.4 is 0 Å². The number of halogens is 3. The van der Waals surface area contributed by atoms with Gasteiger partial charge in [-0.25, -0.2) is 4.98 Å². The molecule has 0 amide bonds. The molecule has 114 valence electrons. The van der Waals surface area contributed by atoms with E-state index in [9.17, 15) is 17.4 Å². The first-order valence-electron chi connectivity index (χ1n) is 5.98. The van der Waals surface area contributed by atoms with E-state index in [1.165, 1.54) is 23.5 Å². The second-order valence-electron chi connectivity index (χ2n) is 4.23. The lowest BCUT2D eigenvalue weighted by atomic mass is 10.1. The van der Waals surface area contributed by atoms with Crippen molar-refractivity contribution < 1.29 is 22.5 Å². The molecule has 2 aromatic rings. The van der Waals surface area contributed by atoms with Gasteiger partial charge in [-0.05, 0) is 12.1 Å². The van der Waals surface area contributed by atoms with E-state index in [1.807, 2.05) is 0 Å². The van der Waals surface area contributed by atoms with Gasteiger partial charge in [0.15, 0.2) is 0 Å². The zero-order valence-electron chi connectivity index (χ0n) is 10.8. The summed E-state index contributed by atoms with van der Waals surface area (Å²) in [5, 5.41) is 11.0. The average Bonchev–Trinajstić information content (AvgIpc) is 2.86. The largest absolute Gasteiger partial charge is 0.416 e. The van der Waals surface area contributed by atoms with Gasteiger partial charge in [0, 0.05) is 27.5 Å². The zero-order valence-corrected chi connectivity index (χ0v) is 12.4. The summed E-state index contributed by atoms with van der Waals surface area (Å²) < 4.78 is 48.9. The van der Waals surface area contributed by atoms with Gasteiger partial charge in [0.1, 0.15) is 5.01 Å². The summed E-state index contributed by atoms with van der Waals surface area (Å²) in [5.41, 5.74) is 0.501. The van der Waals surface area contributed by atoms with Gasteiger partial charge in [-0.1, -0.05) is 12.1 Å². The van der Waals surface area contributed by atoms with Gasteiger partial charge < -0.3 is 5.11 Å². The molecule has 21 heavy (non-hydrogen) atoms. The van der Waals surface area contributed by atoms with Crippen molar-refractivity contribution in [2.45, 2.75) is 11.9 Å². The second-order valence-corrected chi connectivity index (χ2v) is 6.67. The van der Waals surface area contributed by atoms with Crippen molar-refractivity contribution in [2.24, 2.45) is 0 Å². The van der Waals surface area contributed by atoms with Crippen LogP contribution in [0, 0.1) is 0 Å². The zero-order chi connectivity index (χ0) is 15.5. The van der Waals surface area contributed by atoms with Crippen LogP contribution in [0.25, 0.3) is 10.6 Å². The molecule has 0 bridgehead atoms. The van der Waals surface area contributed by atoms with Gasteiger partial charge in [-0.3, -0.25) is 4.21 Å². The minimum absolute atomic E-state index is 0.150. The smallest absolute Gasteiger partial charge is 0.395 e. The number of aliphatic hydroxyl groups excluding tert-OH is 1. The van der Waals surface area contributed by atoms with E-state index < -0.39 is 22.5 Å². The maximum absolute atomic E-state index is 12.5. The van der Waals surface area contributed by atoms with Gasteiger partial charge in [0.25, 0.3) is 0 Å². The van der Waals surface area contributed by atoms with E-state index in [0.29, 0.717) is 16.3 Å². The molecule has 3 nitrogen and oxygen atoms in total. The maximum Gasteiger partial charge on any atom is 0.416 e. The Morgan fingerprint density at radius 3 is 2.48 bits per heavy atom. The van der Waals surface area contributed by atoms with Crippen LogP contribution in [0.15, 0.2) is 29.6 Å². The Hall–Kier alpha value is -1.25. The number of alkyl halides is 3. The fraction of sp³-hybridized carbons (Fsp3) is 0.308. The summed E-state index contributed by atoms with van der Waals surface area (Å²) in [4.78, 5) is 4.26. The molecule has 0 radical (unpaired) electrons. The molecule has 2 rings (SSSR count). The summed E-state index contributed by atoms with van der Waals surface area (Å²) in [7, 11) is -1.18. The number of rotatable bonds is 5. The van der Waals surface area contributed by atoms with E-state index >= 15 is 0 Å². The first kappa shape index (κ1) is 16.1. The number of hydrogen-bond acceptors (Lipinski definition) is 4. The summed E-state index contributed by atoms with van der Waals surface area (Å²) in [6.07, 6.45) is -4.35. The molecule has 0 spiro atoms. The van der Waals surface area contributed by atoms with Crippen LogP contribution in [0.1, 0.15) is 11.3 Å². The molecule has 1 aromatic carbocycles. The number of hydrogen-bond donors (Lipinski definition) is 1. The van der Waals surface area contributed by atoms with Crippen molar-refractivity contribution in [3.63, 3.8) is 0 Å². The number of aromatic nitrogens is 1. The van der Waals surface area contributed by atoms with Crippen molar-refractivity contribution in [3.8, 4) is 10.6 Å². The van der Waals surface area contributed by atoms with Crippen molar-refractivity contribution in [1.29, 1.82) is 0 Å². The van der Waals surface area contributed by atoms with Gasteiger partial charge in [0.2, 0.25) is 0 Å². The Kier molecular flexibility index (Phi) is 5.13. The Morgan fingerprint density at radius 2 is 1.90 bits per heavy atom. The van der Waals surface area contributed by atoms with E-state index in [2.05, 4.69) is 4.98 Å². The molecule has 8 heteroatoms. The lowest BCUT2D eigenvalue weighted by Gasteiger charge is -2.06. The van der Waals surface area contributed by atoms with Gasteiger partial charge >= 0.3 is 6.18 Å². The lowest BCUT2D eigenvalue weighted by Crippen LogP contribution is -2.04. The molecular weight excluding hydrogens is 323 g/mol. The van der Waals surface area contributed by atoms with Crippen molar-refractivity contribution >= 4 is 22.1 Å². The highest BCUT2D eigenvalue weighted by atomic mass is 32.2. The monoisotopic (exact) mass is 335 g/mol. The van der Waals surface area contributed by atoms with Crippen LogP contribution in [0.5, 0.6) is 0 Å². The summed E-state index contributed by atoms with van der Waals surface area (Å²) >= 11 is 1.29. The van der Waals surface area contributed by atoms with Crippen LogP contribution in [0.2, 0.25) is 0 Å². The highest BCUT2D eigenvalue weighted by Crippen LogP contribution is 2.31. The van der Waals surface area contributed by atoms with Crippen molar-refractivity contribution in [1.82, 2.24) is 4.98 Å². The molecule has 0 aliphatic carbocycles. The summed E-state index contributed by atoms with van der Waals surface area (Å²) in [6.45, 7) is -0.150. The molecule has 0 aliphatic rings. The highest BCUT2D eigenvalue weighted by molar-refractivity contribution is 7.84. The molecule has 0 saturated carbocycles. The molecule has 0 saturated heterocycles. The first-order chi connectivity index (χ1) is 9.90. The molecule has 0 fully saturated rings. The third-order valence-corrected chi connectivity index (χ3v) is 4.83. The molecule has 1 atom stereocenters. The highest BCUT2D eigenvalue weighted by Gasteiger charge is 2.30. The minimum Gasteiger partial charge on any atom is -0.395 e. The third-order valence-electron chi connectivity index (χ3n) is 2.64. The maximum atomic E-state index is 12.5. The molecule has 0 aliphatic heterocycles. The van der Waals surface area contributed by atoms with Gasteiger partial charge in [-0.2, -0.15) is 13.2 Å². The lowest BCUT2D eigenvalue weighted by molar-refractivity contribution is -0.137. The SMILES string of the molecule is O=S(CCO)Cc1csc(-c2ccc(C(F)(F)F)cc2)n1. The van der Waals surface area contributed by atoms with E-state index in [4.69, 9.17) is 5.11 Å². The summed E-state index contributed by atoms with van der Waals surface area (Å²) in [5.74, 6) is 0.421. The van der Waals surface area contributed by atoms with Crippen LogP contribution in [0.4, 0.5) is 13.2 Å². The van der Waals surface area contributed by atoms with Crippen molar-refractivity contribution in [3.05, 3.63) is 40.9 Å². The second kappa shape index (κ2) is 6.67. The molecule has 1 aromatic heterocycles. The Balaban J connectivity index is 2.12. The molecule has 1 unspecified atom stereocenters. The topological polar surface area (TPSA) is 50.2 Å². The van der Waals surface area contributed by atoms with Crippen LogP contribution in [0.3, 0.4) is 0 Å². The molecule has 1 heterocycles. The third kappa shape index (κ3) is 4.36. The molecule has 1 N–H and O–H groups in total. The predicted molar refractivity (Wildman–Crippen MR) is 76.4 cm³/mol. The number of benzene rings is 1. The van der Waals surface area contributed by atoms with Gasteiger partial charge in [0.05, 0.1) is 23.6 Å². The minimum atomic E-state index is -4.35. The van der Waals surface area contributed by atoms with E-state index in [-0.39, 0.29) is 18.1 Å². The standard InChI is InChI=1S/C13H12F3NO2S2/c14-13(15,16)10-3-1-9(2-4-10)12-17-11(7-20-12)8-21(19)6-5-18/h1-4,7,18H,5-6,8H2. The van der Waals surface area contributed by atoms with E-state index in [1.54, 1.807) is 5.38 Å². The van der Waals surface area contributed by atoms with Crippen LogP contribution in [-0.4, -0.2) is 26.7 Å². The normalized spacial score (nSPS) is 13.3. The van der Waals surface area contributed by atoms with Crippen LogP contribution >= 0.6 is 11.3 Å². The fourth-order valence-corrected chi connectivity index (χ4v) is 3.40. The number of nitrogens with zero attached hydrogens (tertiary/aromatic N) is 1. The Bertz CT molecular complexity index is 623. The average molecular weight is 335 g/mol. The fourth-order valence-electron chi connectivity index (χ4n) is 1.65. The summed E-state index contributed by atoms with van der Waals surface area (Å²) in [6, 6.07) is 4.77. The quantitative estimate of drug-likeness (QED) is 0.914. The van der Waals surface area contributed by atoms with E-state index in [0.717, 1.165) is 12.1 Å². The van der Waals surface area contributed by atoms with Crippen LogP contribution in [-0.2, 0) is 22.7 Å².